The molecule has 0 spiro atoms. The molecule has 0 saturated heterocycles. The first kappa shape index (κ1) is 10.7. The molecule has 0 atom stereocenters. The minimum atomic E-state index is 0.165. The summed E-state index contributed by atoms with van der Waals surface area (Å²) >= 11 is 7.06. The van der Waals surface area contributed by atoms with Gasteiger partial charge in [-0.1, -0.05) is 18.5 Å². The molecule has 1 aromatic heterocycles. The van der Waals surface area contributed by atoms with E-state index in [4.69, 9.17) is 11.6 Å². The van der Waals surface area contributed by atoms with E-state index in [1.165, 1.54) is 11.3 Å². The standard InChI is InChI=1S/C9H12ClNOS/c1-2-11-6-5-7(12)8-3-4-9(10)13-8/h3-4,11H,2,5-6H2,1H3. The van der Waals surface area contributed by atoms with Gasteiger partial charge in [0.15, 0.2) is 5.78 Å². The highest BCUT2D eigenvalue weighted by atomic mass is 35.5. The van der Waals surface area contributed by atoms with E-state index in [1.807, 2.05) is 6.92 Å². The van der Waals surface area contributed by atoms with E-state index in [0.29, 0.717) is 10.8 Å². The molecule has 0 unspecified atom stereocenters. The van der Waals surface area contributed by atoms with Gasteiger partial charge >= 0.3 is 0 Å². The molecule has 0 saturated carbocycles. The summed E-state index contributed by atoms with van der Waals surface area (Å²) in [5.41, 5.74) is 0. The second-order valence-electron chi connectivity index (χ2n) is 2.63. The van der Waals surface area contributed by atoms with Crippen LogP contribution in [-0.4, -0.2) is 18.9 Å². The number of carbonyl (C=O) groups excluding carboxylic acids is 1. The highest BCUT2D eigenvalue weighted by molar-refractivity contribution is 7.18. The van der Waals surface area contributed by atoms with Gasteiger partial charge in [0.2, 0.25) is 0 Å². The van der Waals surface area contributed by atoms with Crippen LogP contribution in [0.2, 0.25) is 4.34 Å². The van der Waals surface area contributed by atoms with E-state index in [1.54, 1.807) is 12.1 Å². The molecule has 1 aromatic rings. The van der Waals surface area contributed by atoms with Crippen LogP contribution < -0.4 is 5.32 Å². The van der Waals surface area contributed by atoms with Gasteiger partial charge in [-0.15, -0.1) is 11.3 Å². The van der Waals surface area contributed by atoms with Crippen LogP contribution in [0, 0.1) is 0 Å². The van der Waals surface area contributed by atoms with E-state index < -0.39 is 0 Å². The van der Waals surface area contributed by atoms with E-state index in [-0.39, 0.29) is 5.78 Å². The van der Waals surface area contributed by atoms with Gasteiger partial charge in [0.25, 0.3) is 0 Å². The second-order valence-corrected chi connectivity index (χ2v) is 4.35. The molecular formula is C9H12ClNOS. The largest absolute Gasteiger partial charge is 0.317 e. The smallest absolute Gasteiger partial charge is 0.174 e. The Bertz CT molecular complexity index is 285. The second kappa shape index (κ2) is 5.37. The fourth-order valence-electron chi connectivity index (χ4n) is 0.966. The predicted octanol–water partition coefficient (Wildman–Crippen LogP) is 2.58. The lowest BCUT2D eigenvalue weighted by atomic mass is 10.2. The van der Waals surface area contributed by atoms with Gasteiger partial charge < -0.3 is 5.32 Å². The third-order valence-corrected chi connectivity index (χ3v) is 2.90. The van der Waals surface area contributed by atoms with Gasteiger partial charge in [0.1, 0.15) is 0 Å². The summed E-state index contributed by atoms with van der Waals surface area (Å²) in [7, 11) is 0. The Labute approximate surface area is 86.9 Å². The number of hydrogen-bond donors (Lipinski definition) is 1. The van der Waals surface area contributed by atoms with Gasteiger partial charge in [0, 0.05) is 13.0 Å². The van der Waals surface area contributed by atoms with Crippen molar-refractivity contribution in [3.05, 3.63) is 21.3 Å². The van der Waals surface area contributed by atoms with Crippen LogP contribution in [0.5, 0.6) is 0 Å². The molecule has 0 fully saturated rings. The Hall–Kier alpha value is -0.380. The first-order valence-corrected chi connectivity index (χ1v) is 5.42. The van der Waals surface area contributed by atoms with Crippen molar-refractivity contribution in [1.82, 2.24) is 5.32 Å². The summed E-state index contributed by atoms with van der Waals surface area (Å²) in [5.74, 6) is 0.165. The maximum absolute atomic E-state index is 11.4. The van der Waals surface area contributed by atoms with Crippen molar-refractivity contribution in [3.63, 3.8) is 0 Å². The molecule has 1 N–H and O–H groups in total. The molecule has 4 heteroatoms. The Morgan fingerprint density at radius 1 is 1.62 bits per heavy atom. The van der Waals surface area contributed by atoms with Gasteiger partial charge in [-0.05, 0) is 18.7 Å². The maximum Gasteiger partial charge on any atom is 0.174 e. The highest BCUT2D eigenvalue weighted by Gasteiger charge is 2.07. The Morgan fingerprint density at radius 2 is 2.38 bits per heavy atom. The Balaban J connectivity index is 2.40. The zero-order chi connectivity index (χ0) is 9.68. The molecule has 0 bridgehead atoms. The summed E-state index contributed by atoms with van der Waals surface area (Å²) in [6.45, 7) is 3.66. The van der Waals surface area contributed by atoms with Crippen LogP contribution in [0.15, 0.2) is 12.1 Å². The fraction of sp³-hybridized carbons (Fsp3) is 0.444. The summed E-state index contributed by atoms with van der Waals surface area (Å²) in [5, 5.41) is 3.11. The van der Waals surface area contributed by atoms with Gasteiger partial charge in [-0.25, -0.2) is 0 Å². The van der Waals surface area contributed by atoms with Crippen LogP contribution in [-0.2, 0) is 0 Å². The quantitative estimate of drug-likeness (QED) is 0.607. The van der Waals surface area contributed by atoms with Crippen LogP contribution in [0.1, 0.15) is 23.0 Å². The maximum atomic E-state index is 11.4. The SMILES string of the molecule is CCNCCC(=O)c1ccc(Cl)s1. The Morgan fingerprint density at radius 3 is 2.92 bits per heavy atom. The van der Waals surface area contributed by atoms with E-state index >= 15 is 0 Å². The van der Waals surface area contributed by atoms with Crippen molar-refractivity contribution >= 4 is 28.7 Å². The molecule has 0 aliphatic heterocycles. The minimum Gasteiger partial charge on any atom is -0.317 e. The van der Waals surface area contributed by atoms with Crippen molar-refractivity contribution in [3.8, 4) is 0 Å². The number of rotatable bonds is 5. The molecule has 0 aliphatic rings. The van der Waals surface area contributed by atoms with Crippen molar-refractivity contribution in [2.24, 2.45) is 0 Å². The average Bonchev–Trinajstić information content (AvgIpc) is 2.52. The molecule has 0 aliphatic carbocycles. The molecule has 1 heterocycles. The molecule has 0 aromatic carbocycles. The van der Waals surface area contributed by atoms with Gasteiger partial charge in [0.05, 0.1) is 9.21 Å². The number of ketones is 1. The lowest BCUT2D eigenvalue weighted by molar-refractivity contribution is 0.0986. The first-order chi connectivity index (χ1) is 6.24. The average molecular weight is 218 g/mol. The van der Waals surface area contributed by atoms with Crippen molar-refractivity contribution in [2.45, 2.75) is 13.3 Å². The van der Waals surface area contributed by atoms with Crippen molar-refractivity contribution in [1.29, 1.82) is 0 Å². The minimum absolute atomic E-state index is 0.165. The molecule has 13 heavy (non-hydrogen) atoms. The number of hydrogen-bond acceptors (Lipinski definition) is 3. The lowest BCUT2D eigenvalue weighted by Gasteiger charge is -1.98. The van der Waals surface area contributed by atoms with Crippen LogP contribution >= 0.6 is 22.9 Å². The molecule has 72 valence electrons. The van der Waals surface area contributed by atoms with E-state index in [0.717, 1.165) is 18.0 Å². The Kier molecular flexibility index (Phi) is 4.42. The van der Waals surface area contributed by atoms with E-state index in [9.17, 15) is 4.79 Å². The predicted molar refractivity (Wildman–Crippen MR) is 56.8 cm³/mol. The lowest BCUT2D eigenvalue weighted by Crippen LogP contribution is -2.17. The molecule has 0 amide bonds. The normalized spacial score (nSPS) is 10.3. The zero-order valence-electron chi connectivity index (χ0n) is 7.47. The molecule has 1 rings (SSSR count). The van der Waals surface area contributed by atoms with Crippen LogP contribution in [0.4, 0.5) is 0 Å². The topological polar surface area (TPSA) is 29.1 Å². The van der Waals surface area contributed by atoms with Crippen LogP contribution in [0.25, 0.3) is 0 Å². The monoisotopic (exact) mass is 217 g/mol. The summed E-state index contributed by atoms with van der Waals surface area (Å²) in [4.78, 5) is 12.2. The fourth-order valence-corrected chi connectivity index (χ4v) is 1.98. The number of carbonyl (C=O) groups is 1. The highest BCUT2D eigenvalue weighted by Crippen LogP contribution is 2.22. The zero-order valence-corrected chi connectivity index (χ0v) is 9.04. The number of thiophene rings is 1. The number of nitrogens with one attached hydrogen (secondary N) is 1. The summed E-state index contributed by atoms with van der Waals surface area (Å²) in [6, 6.07) is 3.54. The molecule has 0 radical (unpaired) electrons. The molecular weight excluding hydrogens is 206 g/mol. The number of Topliss-reactive ketones (excluding diaryl/α,β-unsaturated/α-hetero) is 1. The summed E-state index contributed by atoms with van der Waals surface area (Å²) < 4.78 is 0.673. The van der Waals surface area contributed by atoms with Crippen molar-refractivity contribution < 1.29 is 4.79 Å². The number of halogens is 1. The van der Waals surface area contributed by atoms with E-state index in [2.05, 4.69) is 5.32 Å². The van der Waals surface area contributed by atoms with Gasteiger partial charge in [-0.3, -0.25) is 4.79 Å². The van der Waals surface area contributed by atoms with Crippen LogP contribution in [0.3, 0.4) is 0 Å². The molecule has 2 nitrogen and oxygen atoms in total. The third-order valence-electron chi connectivity index (χ3n) is 1.63. The van der Waals surface area contributed by atoms with Gasteiger partial charge in [-0.2, -0.15) is 0 Å². The third kappa shape index (κ3) is 3.46. The first-order valence-electron chi connectivity index (χ1n) is 4.23. The van der Waals surface area contributed by atoms with Crippen molar-refractivity contribution in [2.75, 3.05) is 13.1 Å². The summed E-state index contributed by atoms with van der Waals surface area (Å²) in [6.07, 6.45) is 0.546.